The van der Waals surface area contributed by atoms with Gasteiger partial charge in [0.1, 0.15) is 17.7 Å². The van der Waals surface area contributed by atoms with E-state index in [0.717, 1.165) is 52.2 Å². The Morgan fingerprint density at radius 3 is 2.68 bits per heavy atom. The van der Waals surface area contributed by atoms with Crippen LogP contribution in [0.4, 0.5) is 4.79 Å². The number of aliphatic hydroxyl groups is 1. The number of aromatic nitrogens is 2. The summed E-state index contributed by atoms with van der Waals surface area (Å²) in [6, 6.07) is 9.84. The highest BCUT2D eigenvalue weighted by molar-refractivity contribution is 5.83. The van der Waals surface area contributed by atoms with Crippen LogP contribution in [0.25, 0.3) is 5.52 Å². The van der Waals surface area contributed by atoms with E-state index < -0.39 is 11.8 Å². The monoisotopic (exact) mass is 517 g/mol. The molecule has 2 atom stereocenters. The normalized spacial score (nSPS) is 21.8. The summed E-state index contributed by atoms with van der Waals surface area (Å²) >= 11 is 0. The number of likely N-dealkylation sites (N-methyl/N-ethyl adjacent to an activating group) is 1. The lowest BCUT2D eigenvalue weighted by molar-refractivity contribution is -0.0322. The second-order valence-electron chi connectivity index (χ2n) is 10.4. The Morgan fingerprint density at radius 2 is 1.97 bits per heavy atom. The van der Waals surface area contributed by atoms with Gasteiger partial charge in [0.05, 0.1) is 38.0 Å². The van der Waals surface area contributed by atoms with Gasteiger partial charge in [0.2, 0.25) is 0 Å². The molecule has 3 aromatic rings. The number of urea groups is 1. The molecule has 3 aliphatic rings. The summed E-state index contributed by atoms with van der Waals surface area (Å²) in [6.45, 7) is 6.66. The number of hydrogen-bond acceptors (Lipinski definition) is 6. The third-order valence-electron chi connectivity index (χ3n) is 8.62. The highest BCUT2D eigenvalue weighted by Gasteiger charge is 2.55. The number of carbonyl (C=O) groups is 1. The number of aliphatic hydroxyl groups excluding tert-OH is 1. The average Bonchev–Trinajstić information content (AvgIpc) is 3.40. The summed E-state index contributed by atoms with van der Waals surface area (Å²) in [5.41, 5.74) is 4.51. The van der Waals surface area contributed by atoms with Crippen LogP contribution in [-0.2, 0) is 6.54 Å². The summed E-state index contributed by atoms with van der Waals surface area (Å²) in [5.74, 6) is 1.57. The molecule has 9 heteroatoms. The van der Waals surface area contributed by atoms with Crippen LogP contribution >= 0.6 is 0 Å². The van der Waals surface area contributed by atoms with Gasteiger partial charge in [-0.25, -0.2) is 9.31 Å². The number of carbonyl (C=O) groups excluding carboxylic acids is 1. The zero-order valence-electron chi connectivity index (χ0n) is 22.4. The minimum atomic E-state index is -0.751. The second-order valence-corrected chi connectivity index (χ2v) is 10.4. The fraction of sp³-hybridized carbons (Fsp3) is 0.448. The Labute approximate surface area is 222 Å². The lowest BCUT2D eigenvalue weighted by Gasteiger charge is -2.45. The van der Waals surface area contributed by atoms with E-state index in [1.807, 2.05) is 46.3 Å². The first-order valence-electron chi connectivity index (χ1n) is 13.3. The van der Waals surface area contributed by atoms with Crippen molar-refractivity contribution < 1.29 is 19.4 Å². The van der Waals surface area contributed by atoms with Gasteiger partial charge in [-0.2, -0.15) is 5.10 Å². The van der Waals surface area contributed by atoms with Gasteiger partial charge in [-0.3, -0.25) is 9.80 Å². The van der Waals surface area contributed by atoms with E-state index in [2.05, 4.69) is 29.9 Å². The highest BCUT2D eigenvalue weighted by atomic mass is 16.5. The van der Waals surface area contributed by atoms with E-state index in [1.165, 1.54) is 0 Å². The molecular weight excluding hydrogens is 482 g/mol. The average molecular weight is 518 g/mol. The zero-order valence-corrected chi connectivity index (χ0v) is 22.4. The van der Waals surface area contributed by atoms with Crippen molar-refractivity contribution >= 4 is 11.5 Å². The molecule has 5 heterocycles. The van der Waals surface area contributed by atoms with Gasteiger partial charge in [0.15, 0.2) is 0 Å². The van der Waals surface area contributed by atoms with Crippen molar-refractivity contribution in [1.29, 1.82) is 0 Å². The molecule has 9 nitrogen and oxygen atoms in total. The van der Waals surface area contributed by atoms with Crippen LogP contribution in [0.3, 0.4) is 0 Å². The van der Waals surface area contributed by atoms with Crippen molar-refractivity contribution in [2.75, 3.05) is 33.9 Å². The molecule has 38 heavy (non-hydrogen) atoms. The maximum atomic E-state index is 13.8. The number of methoxy groups -OCH3 is 2. The lowest BCUT2D eigenvalue weighted by Crippen LogP contribution is -2.54. The second kappa shape index (κ2) is 9.32. The number of benzene rings is 1. The molecule has 1 spiro atoms. The summed E-state index contributed by atoms with van der Waals surface area (Å²) < 4.78 is 13.1. The first-order valence-corrected chi connectivity index (χ1v) is 13.3. The fourth-order valence-electron chi connectivity index (χ4n) is 6.75. The summed E-state index contributed by atoms with van der Waals surface area (Å²) in [7, 11) is 3.33. The standard InChI is InChI=1S/C29H35N5O4/c1-5-33-28(36)32-18-20-15-21(37-3)16-24(38-4)26(20)19(2)14-25(32)29(33)9-12-31(13-10-29)27(35)22-17-30-34-11-7-6-8-23(22)34/h6-8,11,14-17,19,27,35H,5,9-10,12-13,18H2,1-4H3/t19-,27?/m0/s1. The van der Waals surface area contributed by atoms with Crippen LogP contribution in [0.2, 0.25) is 0 Å². The van der Waals surface area contributed by atoms with Gasteiger partial charge in [-0.15, -0.1) is 0 Å². The molecule has 1 unspecified atom stereocenters. The molecular formula is C29H35N5O4. The Hall–Kier alpha value is -3.56. The first-order chi connectivity index (χ1) is 18.4. The summed E-state index contributed by atoms with van der Waals surface area (Å²) in [5, 5.41) is 15.7. The number of hydrogen-bond donors (Lipinski definition) is 1. The molecule has 2 aromatic heterocycles. The molecule has 6 rings (SSSR count). The molecule has 1 N–H and O–H groups in total. The SMILES string of the molecule is CCN1C(=O)N2Cc3cc(OC)cc(OC)c3[C@@H](C)C=C2C12CCN(C(O)c1cnn3ccccc13)CC2. The number of allylic oxidation sites excluding steroid dienone is 1. The van der Waals surface area contributed by atoms with Crippen LogP contribution in [0.15, 0.2) is 54.5 Å². The van der Waals surface area contributed by atoms with Crippen LogP contribution < -0.4 is 9.47 Å². The van der Waals surface area contributed by atoms with Crippen molar-refractivity contribution in [2.45, 2.75) is 50.9 Å². The van der Waals surface area contributed by atoms with Crippen molar-refractivity contribution in [1.82, 2.24) is 24.3 Å². The molecule has 1 aromatic carbocycles. The Balaban J connectivity index is 1.32. The molecule has 0 aliphatic carbocycles. The largest absolute Gasteiger partial charge is 0.497 e. The molecule has 2 amide bonds. The van der Waals surface area contributed by atoms with E-state index in [-0.39, 0.29) is 11.9 Å². The topological polar surface area (TPSA) is 82.8 Å². The van der Waals surface area contributed by atoms with Crippen molar-refractivity contribution in [3.63, 3.8) is 0 Å². The quantitative estimate of drug-likeness (QED) is 0.548. The number of rotatable bonds is 5. The first kappa shape index (κ1) is 24.8. The number of pyridine rings is 1. The van der Waals surface area contributed by atoms with E-state index in [1.54, 1.807) is 24.9 Å². The van der Waals surface area contributed by atoms with Crippen LogP contribution in [0.5, 0.6) is 11.5 Å². The van der Waals surface area contributed by atoms with Gasteiger partial charge in [0.25, 0.3) is 0 Å². The van der Waals surface area contributed by atoms with Gasteiger partial charge in [-0.1, -0.05) is 19.1 Å². The van der Waals surface area contributed by atoms with Crippen molar-refractivity contribution in [3.8, 4) is 11.5 Å². The lowest BCUT2D eigenvalue weighted by atomic mass is 9.82. The van der Waals surface area contributed by atoms with Gasteiger partial charge >= 0.3 is 6.03 Å². The molecule has 0 radical (unpaired) electrons. The molecule has 200 valence electrons. The van der Waals surface area contributed by atoms with Crippen molar-refractivity contribution in [3.05, 3.63) is 71.2 Å². The predicted octanol–water partition coefficient (Wildman–Crippen LogP) is 4.14. The van der Waals surface area contributed by atoms with Crippen LogP contribution in [0.1, 0.15) is 55.5 Å². The molecule has 0 saturated carbocycles. The number of nitrogens with zero attached hydrogens (tertiary/aromatic N) is 5. The van der Waals surface area contributed by atoms with Gasteiger partial charge < -0.3 is 19.5 Å². The molecule has 2 fully saturated rings. The number of ether oxygens (including phenoxy) is 2. The molecule has 2 saturated heterocycles. The van der Waals surface area contributed by atoms with Crippen LogP contribution in [0, 0.1) is 0 Å². The smallest absolute Gasteiger partial charge is 0.325 e. The maximum absolute atomic E-state index is 13.8. The minimum Gasteiger partial charge on any atom is -0.497 e. The summed E-state index contributed by atoms with van der Waals surface area (Å²) in [6.07, 6.45) is 6.63. The van der Waals surface area contributed by atoms with Gasteiger partial charge in [0, 0.05) is 54.6 Å². The van der Waals surface area contributed by atoms with Crippen molar-refractivity contribution in [2.24, 2.45) is 0 Å². The number of amides is 2. The Bertz CT molecular complexity index is 1410. The van der Waals surface area contributed by atoms with E-state index in [0.29, 0.717) is 26.2 Å². The van der Waals surface area contributed by atoms with E-state index >= 15 is 0 Å². The fourth-order valence-corrected chi connectivity index (χ4v) is 6.75. The minimum absolute atomic E-state index is 0.0391. The van der Waals surface area contributed by atoms with E-state index in [9.17, 15) is 9.90 Å². The third-order valence-corrected chi connectivity index (χ3v) is 8.62. The predicted molar refractivity (Wildman–Crippen MR) is 143 cm³/mol. The highest BCUT2D eigenvalue weighted by Crippen LogP contribution is 2.49. The Kier molecular flexibility index (Phi) is 6.07. The number of piperidine rings is 1. The number of fused-ring (bicyclic) bond motifs is 4. The molecule has 0 bridgehead atoms. The molecule has 3 aliphatic heterocycles. The van der Waals surface area contributed by atoms with Crippen LogP contribution in [-0.4, -0.2) is 74.8 Å². The van der Waals surface area contributed by atoms with Gasteiger partial charge in [-0.05, 0) is 43.5 Å². The summed E-state index contributed by atoms with van der Waals surface area (Å²) in [4.78, 5) is 19.9. The zero-order chi connectivity index (χ0) is 26.6. The number of likely N-dealkylation sites (tertiary alicyclic amines) is 1. The van der Waals surface area contributed by atoms with E-state index in [4.69, 9.17) is 9.47 Å². The third kappa shape index (κ3) is 3.60. The maximum Gasteiger partial charge on any atom is 0.325 e. The Morgan fingerprint density at radius 1 is 1.18 bits per heavy atom.